The SMILES string of the molecule is CSC1(CN)CCN(c2ccc3n[nH]c(=O)n3n2)CC1. The number of hydrogen-bond donors (Lipinski definition) is 2. The van der Waals surface area contributed by atoms with Crippen LogP contribution in [0.25, 0.3) is 5.65 Å². The highest BCUT2D eigenvalue weighted by Crippen LogP contribution is 2.34. The number of aromatic amines is 1. The molecule has 1 aliphatic rings. The molecule has 0 spiro atoms. The van der Waals surface area contributed by atoms with E-state index in [2.05, 4.69) is 26.5 Å². The van der Waals surface area contributed by atoms with Crippen molar-refractivity contribution in [2.45, 2.75) is 17.6 Å². The number of piperidine rings is 1. The molecule has 20 heavy (non-hydrogen) atoms. The van der Waals surface area contributed by atoms with Gasteiger partial charge in [-0.1, -0.05) is 0 Å². The van der Waals surface area contributed by atoms with Crippen LogP contribution in [-0.2, 0) is 0 Å². The first-order valence-corrected chi connectivity index (χ1v) is 7.84. The molecular weight excluding hydrogens is 276 g/mol. The van der Waals surface area contributed by atoms with Gasteiger partial charge in [0.25, 0.3) is 0 Å². The summed E-state index contributed by atoms with van der Waals surface area (Å²) in [6.45, 7) is 2.52. The quantitative estimate of drug-likeness (QED) is 0.833. The van der Waals surface area contributed by atoms with E-state index in [1.807, 2.05) is 17.8 Å². The normalized spacial score (nSPS) is 18.6. The van der Waals surface area contributed by atoms with Crippen molar-refractivity contribution in [3.63, 3.8) is 0 Å². The Morgan fingerprint density at radius 1 is 1.45 bits per heavy atom. The number of fused-ring (bicyclic) bond motifs is 1. The predicted molar refractivity (Wildman–Crippen MR) is 80.4 cm³/mol. The lowest BCUT2D eigenvalue weighted by Crippen LogP contribution is -2.47. The molecule has 1 fully saturated rings. The number of aromatic nitrogens is 4. The molecule has 0 aromatic carbocycles. The van der Waals surface area contributed by atoms with E-state index in [9.17, 15) is 4.79 Å². The fraction of sp³-hybridized carbons (Fsp3) is 0.583. The molecule has 2 aromatic rings. The Kier molecular flexibility index (Phi) is 3.43. The molecule has 0 radical (unpaired) electrons. The van der Waals surface area contributed by atoms with Crippen molar-refractivity contribution in [2.24, 2.45) is 5.73 Å². The summed E-state index contributed by atoms with van der Waals surface area (Å²) in [6.07, 6.45) is 4.19. The third-order valence-electron chi connectivity index (χ3n) is 4.06. The summed E-state index contributed by atoms with van der Waals surface area (Å²) < 4.78 is 1.49. The van der Waals surface area contributed by atoms with Crippen LogP contribution in [0, 0.1) is 0 Å². The van der Waals surface area contributed by atoms with Crippen molar-refractivity contribution in [3.05, 3.63) is 22.6 Å². The summed E-state index contributed by atoms with van der Waals surface area (Å²) >= 11 is 1.85. The smallest absolute Gasteiger partial charge is 0.355 e. The average Bonchev–Trinajstić information content (AvgIpc) is 2.88. The molecule has 0 aliphatic carbocycles. The lowest BCUT2D eigenvalue weighted by Gasteiger charge is -2.40. The summed E-state index contributed by atoms with van der Waals surface area (Å²) in [5.41, 5.74) is 6.13. The van der Waals surface area contributed by atoms with Crippen molar-refractivity contribution in [1.82, 2.24) is 19.8 Å². The van der Waals surface area contributed by atoms with Gasteiger partial charge in [-0.2, -0.15) is 21.4 Å². The zero-order chi connectivity index (χ0) is 14.2. The van der Waals surface area contributed by atoms with Crippen LogP contribution in [0.15, 0.2) is 16.9 Å². The van der Waals surface area contributed by atoms with Gasteiger partial charge in [-0.05, 0) is 31.2 Å². The van der Waals surface area contributed by atoms with Gasteiger partial charge in [0, 0.05) is 24.4 Å². The standard InChI is InChI=1S/C12H18N6OS/c1-20-12(8-13)4-6-17(7-5-12)10-3-2-9-14-15-11(19)18(9)16-10/h2-3H,4-8,13H2,1H3,(H,15,19). The summed E-state index contributed by atoms with van der Waals surface area (Å²) in [7, 11) is 0. The minimum atomic E-state index is -0.306. The molecule has 8 heteroatoms. The Bertz CT molecular complexity index is 651. The number of nitrogens with zero attached hydrogens (tertiary/aromatic N) is 4. The summed E-state index contributed by atoms with van der Waals surface area (Å²) in [4.78, 5) is 13.8. The first-order valence-electron chi connectivity index (χ1n) is 6.62. The van der Waals surface area contributed by atoms with Crippen molar-refractivity contribution in [3.8, 4) is 0 Å². The van der Waals surface area contributed by atoms with Crippen LogP contribution in [0.1, 0.15) is 12.8 Å². The van der Waals surface area contributed by atoms with Crippen molar-refractivity contribution < 1.29 is 0 Å². The average molecular weight is 294 g/mol. The Hall–Kier alpha value is -1.54. The number of hydrogen-bond acceptors (Lipinski definition) is 6. The van der Waals surface area contributed by atoms with Gasteiger partial charge in [-0.25, -0.2) is 9.89 Å². The Morgan fingerprint density at radius 2 is 2.20 bits per heavy atom. The largest absolute Gasteiger partial charge is 0.364 e. The number of rotatable bonds is 3. The van der Waals surface area contributed by atoms with Crippen molar-refractivity contribution in [1.29, 1.82) is 0 Å². The maximum absolute atomic E-state index is 11.6. The molecule has 2 aromatic heterocycles. The first kappa shape index (κ1) is 13.4. The second kappa shape index (κ2) is 5.10. The van der Waals surface area contributed by atoms with Gasteiger partial charge in [0.15, 0.2) is 5.65 Å². The Balaban J connectivity index is 1.83. The zero-order valence-corrected chi connectivity index (χ0v) is 12.2. The third-order valence-corrected chi connectivity index (χ3v) is 5.50. The minimum absolute atomic E-state index is 0.188. The van der Waals surface area contributed by atoms with Crippen LogP contribution in [0.4, 0.5) is 5.82 Å². The first-order chi connectivity index (χ1) is 9.67. The fourth-order valence-corrected chi connectivity index (χ4v) is 3.35. The maximum atomic E-state index is 11.6. The van der Waals surface area contributed by atoms with Crippen molar-refractivity contribution in [2.75, 3.05) is 30.8 Å². The zero-order valence-electron chi connectivity index (χ0n) is 11.4. The lowest BCUT2D eigenvalue weighted by molar-refractivity contribution is 0.454. The molecule has 0 atom stereocenters. The molecule has 3 heterocycles. The van der Waals surface area contributed by atoms with Gasteiger partial charge in [0.05, 0.1) is 0 Å². The third kappa shape index (κ3) is 2.18. The van der Waals surface area contributed by atoms with Crippen LogP contribution >= 0.6 is 11.8 Å². The van der Waals surface area contributed by atoms with E-state index in [0.29, 0.717) is 12.2 Å². The van der Waals surface area contributed by atoms with E-state index in [0.717, 1.165) is 31.7 Å². The van der Waals surface area contributed by atoms with Gasteiger partial charge >= 0.3 is 5.69 Å². The number of nitrogens with two attached hydrogens (primary N) is 1. The molecule has 3 N–H and O–H groups in total. The molecule has 0 amide bonds. The van der Waals surface area contributed by atoms with Gasteiger partial charge in [0.2, 0.25) is 0 Å². The van der Waals surface area contributed by atoms with E-state index in [-0.39, 0.29) is 10.4 Å². The van der Waals surface area contributed by atoms with Gasteiger partial charge < -0.3 is 10.6 Å². The van der Waals surface area contributed by atoms with Crippen LogP contribution < -0.4 is 16.3 Å². The number of anilines is 1. The predicted octanol–water partition coefficient (Wildman–Crippen LogP) is 0.0783. The number of thioether (sulfide) groups is 1. The Morgan fingerprint density at radius 3 is 2.85 bits per heavy atom. The molecule has 3 rings (SSSR count). The van der Waals surface area contributed by atoms with Crippen LogP contribution in [0.5, 0.6) is 0 Å². The molecule has 0 bridgehead atoms. The molecule has 108 valence electrons. The topological polar surface area (TPSA) is 92.3 Å². The van der Waals surface area contributed by atoms with E-state index in [1.54, 1.807) is 6.07 Å². The Labute approximate surface area is 120 Å². The highest BCUT2D eigenvalue weighted by Gasteiger charge is 2.33. The number of H-pyrrole nitrogens is 1. The maximum Gasteiger partial charge on any atom is 0.364 e. The molecule has 1 saturated heterocycles. The second-order valence-electron chi connectivity index (χ2n) is 5.07. The molecule has 0 saturated carbocycles. The lowest BCUT2D eigenvalue weighted by atomic mass is 9.96. The van der Waals surface area contributed by atoms with E-state index in [1.165, 1.54) is 4.52 Å². The summed E-state index contributed by atoms with van der Waals surface area (Å²) in [6, 6.07) is 3.71. The fourth-order valence-electron chi connectivity index (χ4n) is 2.60. The minimum Gasteiger partial charge on any atom is -0.355 e. The molecule has 1 aliphatic heterocycles. The van der Waals surface area contributed by atoms with Crippen LogP contribution in [0.2, 0.25) is 0 Å². The molecule has 7 nitrogen and oxygen atoms in total. The monoisotopic (exact) mass is 294 g/mol. The summed E-state index contributed by atoms with van der Waals surface area (Å²) in [5, 5.41) is 10.6. The van der Waals surface area contributed by atoms with Gasteiger partial charge in [0.1, 0.15) is 5.82 Å². The van der Waals surface area contributed by atoms with Gasteiger partial charge in [-0.15, -0.1) is 5.10 Å². The van der Waals surface area contributed by atoms with E-state index >= 15 is 0 Å². The van der Waals surface area contributed by atoms with Crippen LogP contribution in [0.3, 0.4) is 0 Å². The second-order valence-corrected chi connectivity index (χ2v) is 6.34. The van der Waals surface area contributed by atoms with Crippen molar-refractivity contribution >= 4 is 23.2 Å². The molecule has 0 unspecified atom stereocenters. The van der Waals surface area contributed by atoms with E-state index < -0.39 is 0 Å². The van der Waals surface area contributed by atoms with Gasteiger partial charge in [-0.3, -0.25) is 0 Å². The highest BCUT2D eigenvalue weighted by atomic mass is 32.2. The highest BCUT2D eigenvalue weighted by molar-refractivity contribution is 8.00. The molecular formula is C12H18N6OS. The van der Waals surface area contributed by atoms with E-state index in [4.69, 9.17) is 5.73 Å². The summed E-state index contributed by atoms with van der Waals surface area (Å²) in [5.74, 6) is 0.813. The number of nitrogens with one attached hydrogen (secondary N) is 1. The van der Waals surface area contributed by atoms with Crippen LogP contribution in [-0.4, -0.2) is 50.4 Å².